The van der Waals surface area contributed by atoms with E-state index in [0.717, 1.165) is 5.56 Å². The Morgan fingerprint density at radius 3 is 2.09 bits per heavy atom. The van der Waals surface area contributed by atoms with Gasteiger partial charge in [-0.1, -0.05) is 30.3 Å². The summed E-state index contributed by atoms with van der Waals surface area (Å²) in [6, 6.07) is 8.66. The normalized spacial score (nSPS) is 13.4. The quantitative estimate of drug-likeness (QED) is 0.650. The highest BCUT2D eigenvalue weighted by Gasteiger charge is 2.38. The van der Waals surface area contributed by atoms with Gasteiger partial charge in [-0.2, -0.15) is 13.2 Å². The van der Waals surface area contributed by atoms with Crippen LogP contribution in [0.4, 0.5) is 13.2 Å². The van der Waals surface area contributed by atoms with E-state index < -0.39 is 24.3 Å². The summed E-state index contributed by atoms with van der Waals surface area (Å²) in [5, 5.41) is 18.9. The van der Waals surface area contributed by atoms with Gasteiger partial charge >= 0.3 is 12.1 Å². The molecule has 2 atom stereocenters. The number of amides is 1. The molecule has 1 unspecified atom stereocenters. The van der Waals surface area contributed by atoms with Crippen LogP contribution in [0.1, 0.15) is 12.5 Å². The third kappa shape index (κ3) is 8.22. The third-order valence-corrected chi connectivity index (χ3v) is 2.37. The summed E-state index contributed by atoms with van der Waals surface area (Å²) in [5.74, 6) is -3.10. The summed E-state index contributed by atoms with van der Waals surface area (Å²) in [6.07, 6.45) is -5.92. The predicted octanol–water partition coefficient (Wildman–Crippen LogP) is 0.644. The number of carboxylic acids is 1. The Balaban J connectivity index is 0.000000534. The van der Waals surface area contributed by atoms with Crippen LogP contribution >= 0.6 is 0 Å². The predicted molar refractivity (Wildman–Crippen MR) is 71.6 cm³/mol. The second-order valence-corrected chi connectivity index (χ2v) is 4.27. The van der Waals surface area contributed by atoms with Crippen molar-refractivity contribution in [2.24, 2.45) is 5.73 Å². The monoisotopic (exact) mass is 322 g/mol. The van der Waals surface area contributed by atoms with Gasteiger partial charge in [0, 0.05) is 6.54 Å². The number of alkyl halides is 3. The lowest BCUT2D eigenvalue weighted by Crippen LogP contribution is -2.46. The molecule has 124 valence electrons. The van der Waals surface area contributed by atoms with E-state index in [1.54, 1.807) is 0 Å². The summed E-state index contributed by atoms with van der Waals surface area (Å²) in [4.78, 5) is 20.3. The molecule has 22 heavy (non-hydrogen) atoms. The van der Waals surface area contributed by atoms with Gasteiger partial charge in [-0.25, -0.2) is 4.79 Å². The fraction of sp³-hybridized carbons (Fsp3) is 0.385. The summed E-state index contributed by atoms with van der Waals surface area (Å²) in [7, 11) is 0. The molecule has 6 nitrogen and oxygen atoms in total. The van der Waals surface area contributed by atoms with E-state index in [1.807, 2.05) is 30.3 Å². The van der Waals surface area contributed by atoms with E-state index in [9.17, 15) is 18.0 Å². The maximum atomic E-state index is 11.4. The molecule has 0 bridgehead atoms. The molecule has 0 saturated heterocycles. The molecular formula is C13H17F3N2O4. The minimum Gasteiger partial charge on any atom is -0.475 e. The van der Waals surface area contributed by atoms with Gasteiger partial charge < -0.3 is 21.3 Å². The summed E-state index contributed by atoms with van der Waals surface area (Å²) in [5.41, 5.74) is 6.47. The molecule has 0 fully saturated rings. The number of nitrogens with two attached hydrogens (primary N) is 1. The zero-order valence-corrected chi connectivity index (χ0v) is 11.7. The third-order valence-electron chi connectivity index (χ3n) is 2.37. The lowest BCUT2D eigenvalue weighted by Gasteiger charge is -2.14. The molecule has 0 heterocycles. The average Bonchev–Trinajstić information content (AvgIpc) is 2.44. The highest BCUT2D eigenvalue weighted by molar-refractivity contribution is 5.82. The van der Waals surface area contributed by atoms with Crippen LogP contribution in [0, 0.1) is 0 Å². The van der Waals surface area contributed by atoms with Crippen LogP contribution in [0.25, 0.3) is 0 Å². The van der Waals surface area contributed by atoms with Crippen LogP contribution in [-0.4, -0.2) is 40.4 Å². The number of hydrogen-bond acceptors (Lipinski definition) is 4. The van der Waals surface area contributed by atoms with Crippen molar-refractivity contribution in [2.75, 3.05) is 0 Å². The summed E-state index contributed by atoms with van der Waals surface area (Å²) in [6.45, 7) is 1.92. The first-order chi connectivity index (χ1) is 10.1. The first-order valence-corrected chi connectivity index (χ1v) is 6.11. The molecule has 0 aliphatic rings. The fourth-order valence-corrected chi connectivity index (χ4v) is 1.12. The minimum atomic E-state index is -5.08. The second kappa shape index (κ2) is 9.00. The van der Waals surface area contributed by atoms with Crippen LogP contribution < -0.4 is 11.1 Å². The molecule has 5 N–H and O–H groups in total. The largest absolute Gasteiger partial charge is 0.490 e. The van der Waals surface area contributed by atoms with Crippen molar-refractivity contribution in [2.45, 2.75) is 31.8 Å². The Labute approximate surface area is 124 Å². The van der Waals surface area contributed by atoms with Crippen molar-refractivity contribution in [3.05, 3.63) is 35.9 Å². The number of benzene rings is 1. The number of carboxylic acid groups (broad SMARTS) is 1. The molecule has 1 aromatic carbocycles. The minimum absolute atomic E-state index is 0.339. The molecule has 0 aromatic heterocycles. The molecule has 1 rings (SSSR count). The van der Waals surface area contributed by atoms with Gasteiger partial charge in [-0.05, 0) is 12.5 Å². The van der Waals surface area contributed by atoms with Crippen molar-refractivity contribution in [1.82, 2.24) is 5.32 Å². The van der Waals surface area contributed by atoms with Gasteiger partial charge in [-0.3, -0.25) is 4.79 Å². The molecule has 1 aromatic rings. The highest BCUT2D eigenvalue weighted by atomic mass is 19.4. The molecule has 0 aliphatic heterocycles. The molecule has 0 aliphatic carbocycles. The molecule has 0 saturated carbocycles. The van der Waals surface area contributed by atoms with Crippen molar-refractivity contribution in [3.63, 3.8) is 0 Å². The van der Waals surface area contributed by atoms with E-state index in [1.165, 1.54) is 6.92 Å². The topological polar surface area (TPSA) is 113 Å². The first-order valence-electron chi connectivity index (χ1n) is 6.11. The van der Waals surface area contributed by atoms with Gasteiger partial charge in [0.25, 0.3) is 0 Å². The Hall–Kier alpha value is -2.13. The SMILES string of the molecule is CC(O)[C@H](N)C(=O)NCc1ccccc1.O=C(O)C(F)(F)F. The molecule has 0 radical (unpaired) electrons. The van der Waals surface area contributed by atoms with E-state index >= 15 is 0 Å². The van der Waals surface area contributed by atoms with Gasteiger partial charge in [-0.15, -0.1) is 0 Å². The molecule has 0 spiro atoms. The Kier molecular flexibility index (Phi) is 8.13. The Bertz CT molecular complexity index is 478. The maximum absolute atomic E-state index is 11.4. The maximum Gasteiger partial charge on any atom is 0.490 e. The average molecular weight is 322 g/mol. The zero-order chi connectivity index (χ0) is 17.3. The second-order valence-electron chi connectivity index (χ2n) is 4.27. The number of aliphatic carboxylic acids is 1. The smallest absolute Gasteiger partial charge is 0.475 e. The number of carbonyl (C=O) groups excluding carboxylic acids is 1. The fourth-order valence-electron chi connectivity index (χ4n) is 1.12. The Morgan fingerprint density at radius 2 is 1.73 bits per heavy atom. The van der Waals surface area contributed by atoms with Gasteiger partial charge in [0.05, 0.1) is 6.10 Å². The number of aliphatic hydroxyl groups excluding tert-OH is 1. The van der Waals surface area contributed by atoms with Crippen LogP contribution in [-0.2, 0) is 16.1 Å². The summed E-state index contributed by atoms with van der Waals surface area (Å²) < 4.78 is 31.7. The van der Waals surface area contributed by atoms with E-state index in [2.05, 4.69) is 5.32 Å². The highest BCUT2D eigenvalue weighted by Crippen LogP contribution is 2.13. The van der Waals surface area contributed by atoms with E-state index in [-0.39, 0.29) is 5.91 Å². The van der Waals surface area contributed by atoms with Crippen LogP contribution in [0.3, 0.4) is 0 Å². The molecule has 9 heteroatoms. The lowest BCUT2D eigenvalue weighted by atomic mass is 10.1. The number of nitrogens with one attached hydrogen (secondary N) is 1. The van der Waals surface area contributed by atoms with Gasteiger partial charge in [0.1, 0.15) is 6.04 Å². The zero-order valence-electron chi connectivity index (χ0n) is 11.7. The number of carbonyl (C=O) groups is 2. The standard InChI is InChI=1S/C11H16N2O2.C2HF3O2/c1-8(14)10(12)11(15)13-7-9-5-3-2-4-6-9;3-2(4,5)1(6)7/h2-6,8,10,14H,7,12H2,1H3,(H,13,15);(H,6,7)/t8?,10-;/m0./s1. The number of rotatable bonds is 4. The van der Waals surface area contributed by atoms with Crippen molar-refractivity contribution < 1.29 is 33.0 Å². The van der Waals surface area contributed by atoms with Crippen molar-refractivity contribution in [3.8, 4) is 0 Å². The van der Waals surface area contributed by atoms with Gasteiger partial charge in [0.15, 0.2) is 0 Å². The lowest BCUT2D eigenvalue weighted by molar-refractivity contribution is -0.192. The van der Waals surface area contributed by atoms with Crippen molar-refractivity contribution in [1.29, 1.82) is 0 Å². The summed E-state index contributed by atoms with van der Waals surface area (Å²) >= 11 is 0. The number of aliphatic hydroxyl groups is 1. The van der Waals surface area contributed by atoms with Crippen LogP contribution in [0.5, 0.6) is 0 Å². The number of hydrogen-bond donors (Lipinski definition) is 4. The van der Waals surface area contributed by atoms with Crippen LogP contribution in [0.2, 0.25) is 0 Å². The van der Waals surface area contributed by atoms with Crippen LogP contribution in [0.15, 0.2) is 30.3 Å². The Morgan fingerprint density at radius 1 is 1.27 bits per heavy atom. The van der Waals surface area contributed by atoms with Gasteiger partial charge in [0.2, 0.25) is 5.91 Å². The molecular weight excluding hydrogens is 305 g/mol. The number of halogens is 3. The first kappa shape index (κ1) is 19.9. The van der Waals surface area contributed by atoms with E-state index in [0.29, 0.717) is 6.54 Å². The van der Waals surface area contributed by atoms with E-state index in [4.69, 9.17) is 20.7 Å². The molecule has 1 amide bonds. The van der Waals surface area contributed by atoms with Crippen molar-refractivity contribution >= 4 is 11.9 Å².